The van der Waals surface area contributed by atoms with E-state index in [9.17, 15) is 19.7 Å². The molecule has 1 aliphatic rings. The van der Waals surface area contributed by atoms with E-state index in [0.29, 0.717) is 49.0 Å². The molecule has 0 bridgehead atoms. The number of benzene rings is 1. The third kappa shape index (κ3) is 3.80. The van der Waals surface area contributed by atoms with Crippen LogP contribution in [0.1, 0.15) is 28.7 Å². The topological polar surface area (TPSA) is 122 Å². The van der Waals surface area contributed by atoms with Crippen molar-refractivity contribution in [2.24, 2.45) is 0 Å². The number of piperazine rings is 1. The molecule has 1 fully saturated rings. The van der Waals surface area contributed by atoms with E-state index in [4.69, 9.17) is 4.52 Å². The summed E-state index contributed by atoms with van der Waals surface area (Å²) in [6, 6.07) is 4.39. The second kappa shape index (κ2) is 7.67. The van der Waals surface area contributed by atoms with Gasteiger partial charge in [0.05, 0.1) is 4.92 Å². The van der Waals surface area contributed by atoms with Crippen LogP contribution in [0.15, 0.2) is 22.7 Å². The summed E-state index contributed by atoms with van der Waals surface area (Å²) in [5.41, 5.74) is 1.43. The molecule has 0 spiro atoms. The second-order valence-corrected chi connectivity index (χ2v) is 6.61. The summed E-state index contributed by atoms with van der Waals surface area (Å²) in [6.45, 7) is 6.85. The summed E-state index contributed by atoms with van der Waals surface area (Å²) in [7, 11) is 0. The zero-order valence-corrected chi connectivity index (χ0v) is 15.9. The maximum atomic E-state index is 12.5. The van der Waals surface area contributed by atoms with Gasteiger partial charge >= 0.3 is 0 Å². The molecular formula is C18H21N5O5. The average molecular weight is 387 g/mol. The van der Waals surface area contributed by atoms with Crippen LogP contribution in [0.2, 0.25) is 0 Å². The number of anilines is 2. The molecule has 3 rings (SSSR count). The first-order valence-electron chi connectivity index (χ1n) is 8.81. The molecule has 0 atom stereocenters. The Labute approximate surface area is 161 Å². The summed E-state index contributed by atoms with van der Waals surface area (Å²) in [5.74, 6) is -0.0359. The Morgan fingerprint density at radius 3 is 2.43 bits per heavy atom. The lowest BCUT2D eigenvalue weighted by Gasteiger charge is -2.35. The van der Waals surface area contributed by atoms with Crippen LogP contribution in [-0.2, 0) is 4.79 Å². The molecule has 2 aromatic rings. The van der Waals surface area contributed by atoms with Crippen molar-refractivity contribution >= 4 is 28.9 Å². The zero-order chi connectivity index (χ0) is 20.4. The van der Waals surface area contributed by atoms with Crippen molar-refractivity contribution < 1.29 is 19.0 Å². The first-order chi connectivity index (χ1) is 13.3. The van der Waals surface area contributed by atoms with E-state index < -0.39 is 10.8 Å². The van der Waals surface area contributed by atoms with Crippen LogP contribution in [0.4, 0.5) is 17.1 Å². The van der Waals surface area contributed by atoms with Gasteiger partial charge in [-0.25, -0.2) is 0 Å². The fraction of sp³-hybridized carbons (Fsp3) is 0.389. The molecule has 1 aromatic carbocycles. The monoisotopic (exact) mass is 387 g/mol. The Morgan fingerprint density at radius 2 is 1.89 bits per heavy atom. The van der Waals surface area contributed by atoms with E-state index in [1.807, 2.05) is 4.90 Å². The van der Waals surface area contributed by atoms with Gasteiger partial charge in [-0.1, -0.05) is 5.16 Å². The average Bonchev–Trinajstić information content (AvgIpc) is 2.99. The summed E-state index contributed by atoms with van der Waals surface area (Å²) < 4.78 is 5.01. The lowest BCUT2D eigenvalue weighted by Crippen LogP contribution is -2.48. The number of carbonyl (C=O) groups excluding carboxylic acids is 2. The van der Waals surface area contributed by atoms with Gasteiger partial charge < -0.3 is 19.6 Å². The minimum Gasteiger partial charge on any atom is -0.362 e. The van der Waals surface area contributed by atoms with Crippen molar-refractivity contribution in [3.05, 3.63) is 45.3 Å². The highest BCUT2D eigenvalue weighted by Gasteiger charge is 2.26. The van der Waals surface area contributed by atoms with Crippen LogP contribution in [0.3, 0.4) is 0 Å². The van der Waals surface area contributed by atoms with Gasteiger partial charge in [-0.05, 0) is 26.0 Å². The molecule has 0 unspecified atom stereocenters. The number of nitrogens with one attached hydrogen (secondary N) is 1. The minimum atomic E-state index is -0.501. The lowest BCUT2D eigenvalue weighted by atomic mass is 10.1. The quantitative estimate of drug-likeness (QED) is 0.630. The molecule has 1 saturated heterocycles. The lowest BCUT2D eigenvalue weighted by molar-refractivity contribution is -0.384. The molecule has 1 aliphatic heterocycles. The molecule has 2 amide bonds. The highest BCUT2D eigenvalue weighted by molar-refractivity contribution is 6.05. The largest absolute Gasteiger partial charge is 0.362 e. The number of hydrogen-bond acceptors (Lipinski definition) is 7. The third-order valence-electron chi connectivity index (χ3n) is 4.77. The standard InChI is InChI=1S/C18H21N5O5/c1-11-17(12(2)28-20-11)19-18(25)14-4-5-15(16(10-14)23(26)27)22-8-6-21(7-9-22)13(3)24/h4-5,10H,6-9H2,1-3H3,(H,19,25). The molecule has 148 valence electrons. The number of rotatable bonds is 4. The van der Waals surface area contributed by atoms with Gasteiger partial charge in [-0.3, -0.25) is 19.7 Å². The van der Waals surface area contributed by atoms with Crippen molar-refractivity contribution in [1.29, 1.82) is 0 Å². The van der Waals surface area contributed by atoms with Crippen LogP contribution >= 0.6 is 0 Å². The van der Waals surface area contributed by atoms with Gasteiger partial charge in [-0.15, -0.1) is 0 Å². The number of nitrogens with zero attached hydrogens (tertiary/aromatic N) is 4. The molecule has 1 aromatic heterocycles. The van der Waals surface area contributed by atoms with Gasteiger partial charge in [0.1, 0.15) is 17.1 Å². The molecule has 0 saturated carbocycles. The van der Waals surface area contributed by atoms with E-state index in [1.54, 1.807) is 30.9 Å². The number of aryl methyl sites for hydroxylation is 2. The summed E-state index contributed by atoms with van der Waals surface area (Å²) in [4.78, 5) is 38.6. The second-order valence-electron chi connectivity index (χ2n) is 6.61. The predicted octanol–water partition coefficient (Wildman–Crippen LogP) is 2.12. The molecule has 2 heterocycles. The molecule has 28 heavy (non-hydrogen) atoms. The van der Waals surface area contributed by atoms with Gasteiger partial charge in [-0.2, -0.15) is 0 Å². The van der Waals surface area contributed by atoms with Crippen molar-refractivity contribution in [3.63, 3.8) is 0 Å². The number of amides is 2. The first kappa shape index (κ1) is 19.3. The Bertz CT molecular complexity index is 911. The van der Waals surface area contributed by atoms with Crippen LogP contribution in [-0.4, -0.2) is 53.0 Å². The van der Waals surface area contributed by atoms with Gasteiger partial charge in [0, 0.05) is 44.7 Å². The van der Waals surface area contributed by atoms with E-state index in [1.165, 1.54) is 13.0 Å². The van der Waals surface area contributed by atoms with Crippen molar-refractivity contribution in [2.45, 2.75) is 20.8 Å². The Balaban J connectivity index is 1.82. The fourth-order valence-electron chi connectivity index (χ4n) is 3.19. The van der Waals surface area contributed by atoms with E-state index in [2.05, 4.69) is 10.5 Å². The van der Waals surface area contributed by atoms with Crippen LogP contribution < -0.4 is 10.2 Å². The van der Waals surface area contributed by atoms with E-state index >= 15 is 0 Å². The van der Waals surface area contributed by atoms with E-state index in [-0.39, 0.29) is 17.2 Å². The first-order valence-corrected chi connectivity index (χ1v) is 8.81. The smallest absolute Gasteiger partial charge is 0.293 e. The highest BCUT2D eigenvalue weighted by Crippen LogP contribution is 2.30. The minimum absolute atomic E-state index is 0.0134. The number of aromatic nitrogens is 1. The summed E-state index contributed by atoms with van der Waals surface area (Å²) in [5, 5.41) is 18.0. The number of carbonyl (C=O) groups is 2. The number of hydrogen-bond donors (Lipinski definition) is 1. The van der Waals surface area contributed by atoms with Crippen LogP contribution in [0, 0.1) is 24.0 Å². The molecule has 1 N–H and O–H groups in total. The van der Waals surface area contributed by atoms with Crippen LogP contribution in [0.5, 0.6) is 0 Å². The van der Waals surface area contributed by atoms with Crippen LogP contribution in [0.25, 0.3) is 0 Å². The number of nitro benzene ring substituents is 1. The normalized spacial score (nSPS) is 14.1. The summed E-state index contributed by atoms with van der Waals surface area (Å²) in [6.07, 6.45) is 0. The molecule has 10 nitrogen and oxygen atoms in total. The molecule has 0 radical (unpaired) electrons. The van der Waals surface area contributed by atoms with Gasteiger partial charge in [0.15, 0.2) is 5.76 Å². The fourth-order valence-corrected chi connectivity index (χ4v) is 3.19. The molecule has 10 heteroatoms. The molecular weight excluding hydrogens is 366 g/mol. The van der Waals surface area contributed by atoms with E-state index in [0.717, 1.165) is 0 Å². The highest BCUT2D eigenvalue weighted by atomic mass is 16.6. The third-order valence-corrected chi connectivity index (χ3v) is 4.77. The Morgan fingerprint density at radius 1 is 1.21 bits per heavy atom. The maximum absolute atomic E-state index is 12.5. The predicted molar refractivity (Wildman–Crippen MR) is 101 cm³/mol. The Hall–Kier alpha value is -3.43. The Kier molecular flexibility index (Phi) is 5.30. The van der Waals surface area contributed by atoms with Crippen molar-refractivity contribution in [3.8, 4) is 0 Å². The number of nitro groups is 1. The SMILES string of the molecule is CC(=O)N1CCN(c2ccc(C(=O)Nc3c(C)noc3C)cc2[N+](=O)[O-])CC1. The summed E-state index contributed by atoms with van der Waals surface area (Å²) >= 11 is 0. The van der Waals surface area contributed by atoms with Gasteiger partial charge in [0.25, 0.3) is 11.6 Å². The molecule has 0 aliphatic carbocycles. The van der Waals surface area contributed by atoms with Crippen molar-refractivity contribution in [1.82, 2.24) is 10.1 Å². The zero-order valence-electron chi connectivity index (χ0n) is 15.9. The van der Waals surface area contributed by atoms with Gasteiger partial charge in [0.2, 0.25) is 5.91 Å². The van der Waals surface area contributed by atoms with Crippen molar-refractivity contribution in [2.75, 3.05) is 36.4 Å². The maximum Gasteiger partial charge on any atom is 0.293 e.